The van der Waals surface area contributed by atoms with Gasteiger partial charge in [-0.15, -0.1) is 12.1 Å². The Labute approximate surface area is 129 Å². The van der Waals surface area contributed by atoms with Crippen LogP contribution in [0.4, 0.5) is 0 Å². The van der Waals surface area contributed by atoms with Crippen LogP contribution in [0.15, 0.2) is 24.3 Å². The summed E-state index contributed by atoms with van der Waals surface area (Å²) in [4.78, 5) is 11.7. The molecular formula is C13H14O2VW-2. The molecule has 0 atom stereocenters. The zero-order valence-corrected chi connectivity index (χ0v) is 13.8. The fraction of sp³-hybridized carbons (Fsp3) is 0.385. The molecule has 1 aromatic carbocycles. The number of hydrogen-bond donors (Lipinski definition) is 0. The first-order valence-electron chi connectivity index (χ1n) is 5.36. The summed E-state index contributed by atoms with van der Waals surface area (Å²) >= 11 is 0. The zero-order valence-electron chi connectivity index (χ0n) is 9.46. The average molecular weight is 437 g/mol. The van der Waals surface area contributed by atoms with E-state index in [4.69, 9.17) is 4.74 Å². The molecule has 1 radical (unpaired) electrons. The van der Waals surface area contributed by atoms with E-state index in [1.54, 1.807) is 24.3 Å². The second-order valence-electron chi connectivity index (χ2n) is 3.80. The number of benzene rings is 1. The molecular weight excluding hydrogens is 423 g/mol. The SMILES string of the molecule is O=C(Oc1cc[c-]cc1)C1CC[CH-]CC1.[V].[W]. The molecule has 91 valence electrons. The quantitative estimate of drug-likeness (QED) is 0.405. The van der Waals surface area contributed by atoms with Crippen molar-refractivity contribution in [2.75, 3.05) is 0 Å². The van der Waals surface area contributed by atoms with Crippen LogP contribution in [0.3, 0.4) is 0 Å². The summed E-state index contributed by atoms with van der Waals surface area (Å²) in [6.45, 7) is 0. The Hall–Kier alpha value is -0.0373. The largest absolute Gasteiger partial charge is 0.453 e. The third-order valence-electron chi connectivity index (χ3n) is 2.68. The van der Waals surface area contributed by atoms with Gasteiger partial charge in [0, 0.05) is 45.4 Å². The summed E-state index contributed by atoms with van der Waals surface area (Å²) in [5, 5.41) is 0. The summed E-state index contributed by atoms with van der Waals surface area (Å²) < 4.78 is 5.28. The molecule has 17 heavy (non-hydrogen) atoms. The number of rotatable bonds is 2. The third-order valence-corrected chi connectivity index (χ3v) is 2.68. The molecule has 2 nitrogen and oxygen atoms in total. The summed E-state index contributed by atoms with van der Waals surface area (Å²) in [7, 11) is 0. The Morgan fingerprint density at radius 2 is 1.88 bits per heavy atom. The summed E-state index contributed by atoms with van der Waals surface area (Å²) in [6, 6.07) is 9.90. The van der Waals surface area contributed by atoms with Crippen molar-refractivity contribution in [3.05, 3.63) is 36.8 Å². The van der Waals surface area contributed by atoms with E-state index in [2.05, 4.69) is 12.5 Å². The predicted octanol–water partition coefficient (Wildman–Crippen LogP) is 2.78. The van der Waals surface area contributed by atoms with Gasteiger partial charge in [0.1, 0.15) is 0 Å². The molecule has 1 aromatic rings. The van der Waals surface area contributed by atoms with Crippen molar-refractivity contribution in [3.8, 4) is 5.75 Å². The Kier molecular flexibility index (Phi) is 8.95. The van der Waals surface area contributed by atoms with Crippen molar-refractivity contribution in [1.82, 2.24) is 0 Å². The van der Waals surface area contributed by atoms with Gasteiger partial charge in [-0.3, -0.25) is 4.79 Å². The molecule has 2 rings (SSSR count). The molecule has 0 bridgehead atoms. The van der Waals surface area contributed by atoms with Crippen molar-refractivity contribution < 1.29 is 49.2 Å². The Morgan fingerprint density at radius 3 is 2.47 bits per heavy atom. The van der Waals surface area contributed by atoms with Crippen LogP contribution in [0.5, 0.6) is 5.75 Å². The van der Waals surface area contributed by atoms with E-state index in [0.717, 1.165) is 25.7 Å². The van der Waals surface area contributed by atoms with Gasteiger partial charge in [-0.05, 0) is 0 Å². The molecule has 1 saturated carbocycles. The number of carbonyl (C=O) groups excluding carboxylic acids is 1. The maximum Gasteiger partial charge on any atom is 0.312 e. The van der Waals surface area contributed by atoms with Gasteiger partial charge in [0.2, 0.25) is 0 Å². The summed E-state index contributed by atoms with van der Waals surface area (Å²) in [5.41, 5.74) is 0. The molecule has 0 unspecified atom stereocenters. The van der Waals surface area contributed by atoms with Crippen molar-refractivity contribution in [2.24, 2.45) is 5.92 Å². The van der Waals surface area contributed by atoms with E-state index in [-0.39, 0.29) is 51.5 Å². The maximum atomic E-state index is 11.7. The topological polar surface area (TPSA) is 26.3 Å². The van der Waals surface area contributed by atoms with Crippen LogP contribution < -0.4 is 4.74 Å². The van der Waals surface area contributed by atoms with Gasteiger partial charge in [-0.2, -0.15) is 31.0 Å². The first-order chi connectivity index (χ1) is 7.36. The van der Waals surface area contributed by atoms with Gasteiger partial charge in [-0.1, -0.05) is 12.8 Å². The number of esters is 1. The van der Waals surface area contributed by atoms with Crippen LogP contribution in [-0.4, -0.2) is 5.97 Å². The molecule has 1 aliphatic rings. The third kappa shape index (κ3) is 5.42. The predicted molar refractivity (Wildman–Crippen MR) is 57.2 cm³/mol. The van der Waals surface area contributed by atoms with Gasteiger partial charge in [0.05, 0.1) is 5.92 Å². The van der Waals surface area contributed by atoms with E-state index in [9.17, 15) is 4.79 Å². The Balaban J connectivity index is 0.00000128. The zero-order chi connectivity index (χ0) is 10.5. The smallest absolute Gasteiger partial charge is 0.312 e. The minimum absolute atomic E-state index is 0. The van der Waals surface area contributed by atoms with E-state index in [0.29, 0.717) is 5.75 Å². The molecule has 0 spiro atoms. The molecule has 0 heterocycles. The second-order valence-corrected chi connectivity index (χ2v) is 3.80. The Morgan fingerprint density at radius 1 is 1.29 bits per heavy atom. The standard InChI is InChI=1S/C13H14O2.V.W/c14-13(11-7-3-1-4-8-11)15-12-9-5-2-6-10-12;;/h1,5-6,9-11H,3-4,7-8H2;;/q-2;;. The van der Waals surface area contributed by atoms with E-state index >= 15 is 0 Å². The first-order valence-corrected chi connectivity index (χ1v) is 5.36. The second kappa shape index (κ2) is 8.97. The van der Waals surface area contributed by atoms with Crippen LogP contribution in [-0.2, 0) is 44.4 Å². The molecule has 0 amide bonds. The summed E-state index contributed by atoms with van der Waals surface area (Å²) in [5.74, 6) is 0.613. The van der Waals surface area contributed by atoms with Crippen LogP contribution in [0.25, 0.3) is 0 Å². The maximum absolute atomic E-state index is 11.7. The molecule has 1 aliphatic carbocycles. The molecule has 0 N–H and O–H groups in total. The molecule has 1 fully saturated rings. The van der Waals surface area contributed by atoms with Crippen LogP contribution in [0.2, 0.25) is 0 Å². The summed E-state index contributed by atoms with van der Waals surface area (Å²) in [6.07, 6.45) is 6.15. The number of carbonyl (C=O) groups is 1. The first kappa shape index (κ1) is 17.0. The van der Waals surface area contributed by atoms with Gasteiger partial charge >= 0.3 is 5.97 Å². The number of ether oxygens (including phenoxy) is 1. The monoisotopic (exact) mass is 437 g/mol. The Bertz CT molecular complexity index is 323. The minimum Gasteiger partial charge on any atom is -0.453 e. The van der Waals surface area contributed by atoms with Crippen LogP contribution in [0.1, 0.15) is 25.7 Å². The van der Waals surface area contributed by atoms with E-state index in [1.807, 2.05) is 0 Å². The normalized spacial score (nSPS) is 15.3. The van der Waals surface area contributed by atoms with Gasteiger partial charge in [0.15, 0.2) is 0 Å². The van der Waals surface area contributed by atoms with Crippen molar-refractivity contribution in [1.29, 1.82) is 0 Å². The molecule has 4 heteroatoms. The van der Waals surface area contributed by atoms with Crippen molar-refractivity contribution in [3.63, 3.8) is 0 Å². The van der Waals surface area contributed by atoms with Gasteiger partial charge in [-0.25, -0.2) is 0 Å². The molecule has 0 aliphatic heterocycles. The van der Waals surface area contributed by atoms with E-state index in [1.165, 1.54) is 0 Å². The fourth-order valence-electron chi connectivity index (χ4n) is 1.80. The fourth-order valence-corrected chi connectivity index (χ4v) is 1.80. The van der Waals surface area contributed by atoms with Crippen molar-refractivity contribution in [2.45, 2.75) is 25.7 Å². The van der Waals surface area contributed by atoms with Gasteiger partial charge in [0.25, 0.3) is 0 Å². The van der Waals surface area contributed by atoms with Crippen LogP contribution >= 0.6 is 0 Å². The van der Waals surface area contributed by atoms with Gasteiger partial charge < -0.3 is 11.2 Å². The molecule has 0 saturated heterocycles. The molecule has 0 aromatic heterocycles. The van der Waals surface area contributed by atoms with Crippen LogP contribution in [0, 0.1) is 18.4 Å². The van der Waals surface area contributed by atoms with Crippen molar-refractivity contribution >= 4 is 5.97 Å². The average Bonchev–Trinajstić information content (AvgIpc) is 2.31. The van der Waals surface area contributed by atoms with E-state index < -0.39 is 0 Å². The minimum atomic E-state index is -0.0886. The number of hydrogen-bond acceptors (Lipinski definition) is 2.